The van der Waals surface area contributed by atoms with Crippen LogP contribution in [0.3, 0.4) is 0 Å². The topological polar surface area (TPSA) is 78.9 Å². The zero-order valence-electron chi connectivity index (χ0n) is 47.6. The maximum absolute atomic E-state index is 12.8. The second-order valence-electron chi connectivity index (χ2n) is 21.7. The molecule has 0 aliphatic rings. The van der Waals surface area contributed by atoms with Gasteiger partial charge in [-0.2, -0.15) is 0 Å². The van der Waals surface area contributed by atoms with Gasteiger partial charge in [-0.25, -0.2) is 0 Å². The van der Waals surface area contributed by atoms with E-state index >= 15 is 0 Å². The van der Waals surface area contributed by atoms with Crippen LogP contribution in [0.1, 0.15) is 361 Å². The Bertz CT molecular complexity index is 1090. The number of carbonyl (C=O) groups is 3. The molecule has 414 valence electrons. The number of carbonyl (C=O) groups excluding carboxylic acids is 3. The van der Waals surface area contributed by atoms with E-state index in [0.717, 1.165) is 64.2 Å². The number of hydrogen-bond acceptors (Lipinski definition) is 6. The minimum absolute atomic E-state index is 0.0677. The van der Waals surface area contributed by atoms with Crippen LogP contribution in [0.25, 0.3) is 0 Å². The van der Waals surface area contributed by atoms with E-state index in [9.17, 15) is 14.4 Å². The van der Waals surface area contributed by atoms with Crippen LogP contribution in [-0.2, 0) is 28.6 Å². The van der Waals surface area contributed by atoms with Crippen molar-refractivity contribution in [2.45, 2.75) is 367 Å². The molecule has 0 radical (unpaired) electrons. The molecule has 1 atom stereocenters. The highest BCUT2D eigenvalue weighted by atomic mass is 16.6. The Hall–Kier alpha value is -1.85. The van der Waals surface area contributed by atoms with Gasteiger partial charge in [0.05, 0.1) is 0 Å². The van der Waals surface area contributed by atoms with Crippen molar-refractivity contribution in [1.29, 1.82) is 0 Å². The third-order valence-corrected chi connectivity index (χ3v) is 14.5. The van der Waals surface area contributed by atoms with Gasteiger partial charge in [-0.05, 0) is 44.9 Å². The van der Waals surface area contributed by atoms with E-state index in [-0.39, 0.29) is 31.1 Å². The quantitative estimate of drug-likeness (QED) is 0.0261. The van der Waals surface area contributed by atoms with Gasteiger partial charge in [-0.15, -0.1) is 0 Å². The predicted molar refractivity (Wildman–Crippen MR) is 303 cm³/mol. The lowest BCUT2D eigenvalue weighted by Gasteiger charge is -2.18. The van der Waals surface area contributed by atoms with Crippen LogP contribution in [0.4, 0.5) is 0 Å². The Balaban J connectivity index is 4.04. The Kier molecular flexibility index (Phi) is 58.1. The first-order chi connectivity index (χ1) is 34.5. The van der Waals surface area contributed by atoms with Crippen molar-refractivity contribution in [3.8, 4) is 0 Å². The zero-order valence-corrected chi connectivity index (χ0v) is 47.6. The first-order valence-electron chi connectivity index (χ1n) is 31.7. The van der Waals surface area contributed by atoms with Crippen molar-refractivity contribution in [3.63, 3.8) is 0 Å². The number of esters is 3. The average Bonchev–Trinajstić information content (AvgIpc) is 3.36. The zero-order chi connectivity index (χ0) is 50.7. The molecule has 0 fully saturated rings. The van der Waals surface area contributed by atoms with Crippen LogP contribution < -0.4 is 0 Å². The van der Waals surface area contributed by atoms with Crippen LogP contribution in [0.5, 0.6) is 0 Å². The van der Waals surface area contributed by atoms with Gasteiger partial charge in [-0.1, -0.05) is 309 Å². The Morgan fingerprint density at radius 3 is 0.729 bits per heavy atom. The fraction of sp³-hybridized carbons (Fsp3) is 0.922. The molecule has 0 amide bonds. The van der Waals surface area contributed by atoms with E-state index < -0.39 is 6.10 Å². The molecular weight excluding hydrogens is 865 g/mol. The first kappa shape index (κ1) is 68.2. The largest absolute Gasteiger partial charge is 0.462 e. The third kappa shape index (κ3) is 57.1. The number of ether oxygens (including phenoxy) is 3. The summed E-state index contributed by atoms with van der Waals surface area (Å²) in [5.74, 6) is -0.855. The molecule has 6 heteroatoms. The molecule has 6 nitrogen and oxygen atoms in total. The van der Waals surface area contributed by atoms with Gasteiger partial charge in [0.2, 0.25) is 0 Å². The second-order valence-corrected chi connectivity index (χ2v) is 21.7. The van der Waals surface area contributed by atoms with E-state index in [4.69, 9.17) is 14.2 Å². The Labute approximate surface area is 437 Å². The normalized spacial score (nSPS) is 12.0. The summed E-state index contributed by atoms with van der Waals surface area (Å²) >= 11 is 0. The van der Waals surface area contributed by atoms with E-state index in [2.05, 4.69) is 32.9 Å². The van der Waals surface area contributed by atoms with E-state index in [0.29, 0.717) is 19.3 Å². The van der Waals surface area contributed by atoms with Crippen molar-refractivity contribution < 1.29 is 28.6 Å². The first-order valence-corrected chi connectivity index (χ1v) is 31.7. The fourth-order valence-electron chi connectivity index (χ4n) is 9.74. The van der Waals surface area contributed by atoms with Crippen molar-refractivity contribution in [2.75, 3.05) is 13.2 Å². The summed E-state index contributed by atoms with van der Waals surface area (Å²) in [7, 11) is 0. The van der Waals surface area contributed by atoms with Gasteiger partial charge < -0.3 is 14.2 Å². The number of hydrogen-bond donors (Lipinski definition) is 0. The maximum atomic E-state index is 12.8. The minimum Gasteiger partial charge on any atom is -0.462 e. The van der Waals surface area contributed by atoms with Crippen molar-refractivity contribution >= 4 is 17.9 Å². The molecule has 0 aromatic rings. The lowest BCUT2D eigenvalue weighted by Crippen LogP contribution is -2.30. The smallest absolute Gasteiger partial charge is 0.306 e. The van der Waals surface area contributed by atoms with E-state index in [1.165, 1.54) is 257 Å². The highest BCUT2D eigenvalue weighted by Gasteiger charge is 2.19. The second kappa shape index (κ2) is 59.7. The molecular formula is C64H122O6. The molecule has 0 spiro atoms. The van der Waals surface area contributed by atoms with Crippen molar-refractivity contribution in [1.82, 2.24) is 0 Å². The molecule has 0 N–H and O–H groups in total. The van der Waals surface area contributed by atoms with Gasteiger partial charge in [0.1, 0.15) is 13.2 Å². The van der Waals surface area contributed by atoms with E-state index in [1.807, 2.05) is 0 Å². The van der Waals surface area contributed by atoms with Gasteiger partial charge >= 0.3 is 17.9 Å². The van der Waals surface area contributed by atoms with Gasteiger partial charge in [0, 0.05) is 19.3 Å². The van der Waals surface area contributed by atoms with Crippen LogP contribution in [-0.4, -0.2) is 37.2 Å². The van der Waals surface area contributed by atoms with E-state index in [1.54, 1.807) is 0 Å². The average molecular weight is 988 g/mol. The fourth-order valence-corrected chi connectivity index (χ4v) is 9.74. The molecule has 0 aromatic heterocycles. The molecule has 0 heterocycles. The monoisotopic (exact) mass is 987 g/mol. The van der Waals surface area contributed by atoms with Crippen LogP contribution in [0.2, 0.25) is 0 Å². The summed E-state index contributed by atoms with van der Waals surface area (Å²) in [4.78, 5) is 38.1. The summed E-state index contributed by atoms with van der Waals surface area (Å²) in [6, 6.07) is 0. The van der Waals surface area contributed by atoms with Gasteiger partial charge in [-0.3, -0.25) is 14.4 Å². The minimum atomic E-state index is -0.768. The summed E-state index contributed by atoms with van der Waals surface area (Å²) in [5.41, 5.74) is 0. The number of unbranched alkanes of at least 4 members (excludes halogenated alkanes) is 46. The maximum Gasteiger partial charge on any atom is 0.306 e. The van der Waals surface area contributed by atoms with Crippen LogP contribution in [0, 0.1) is 0 Å². The van der Waals surface area contributed by atoms with Gasteiger partial charge in [0.25, 0.3) is 0 Å². The lowest BCUT2D eigenvalue weighted by molar-refractivity contribution is -0.167. The number of rotatable bonds is 59. The Morgan fingerprint density at radius 1 is 0.271 bits per heavy atom. The summed E-state index contributed by atoms with van der Waals surface area (Å²) < 4.78 is 16.9. The molecule has 0 bridgehead atoms. The highest BCUT2D eigenvalue weighted by molar-refractivity contribution is 5.71. The number of allylic oxidation sites excluding steroid dienone is 2. The molecule has 0 aliphatic heterocycles. The van der Waals surface area contributed by atoms with Crippen molar-refractivity contribution in [3.05, 3.63) is 12.2 Å². The molecule has 0 saturated carbocycles. The van der Waals surface area contributed by atoms with Crippen LogP contribution in [0.15, 0.2) is 12.2 Å². The molecule has 70 heavy (non-hydrogen) atoms. The molecule has 0 aliphatic carbocycles. The molecule has 0 rings (SSSR count). The SMILES string of the molecule is CCCCCC/C=C\CCCCCCCC(=O)OC(COC(=O)CCCCCCCCCCCC)COC(=O)CCCCCCCCCCCCCCCCCCCCCCCCCCCCCCC. The Morgan fingerprint density at radius 2 is 0.471 bits per heavy atom. The standard InChI is InChI=1S/C64H122O6/c1-4-7-10-13-16-19-22-24-25-26-27-28-29-30-31-32-33-34-35-36-37-38-39-41-42-45-48-51-54-57-63(66)69-60-61(59-68-62(65)56-53-50-47-44-21-18-15-12-9-6-3)70-64(67)58-55-52-49-46-43-40-23-20-17-14-11-8-5-2/h20,23,61H,4-19,21-22,24-60H2,1-3H3/b23-20-. The summed E-state index contributed by atoms with van der Waals surface area (Å²) in [6.07, 6.45) is 69.6. The summed E-state index contributed by atoms with van der Waals surface area (Å²) in [6.45, 7) is 6.66. The highest BCUT2D eigenvalue weighted by Crippen LogP contribution is 2.18. The molecule has 1 unspecified atom stereocenters. The van der Waals surface area contributed by atoms with Crippen LogP contribution >= 0.6 is 0 Å². The molecule has 0 aromatic carbocycles. The van der Waals surface area contributed by atoms with Gasteiger partial charge in [0.15, 0.2) is 6.10 Å². The van der Waals surface area contributed by atoms with Crippen molar-refractivity contribution in [2.24, 2.45) is 0 Å². The third-order valence-electron chi connectivity index (χ3n) is 14.5. The summed E-state index contributed by atoms with van der Waals surface area (Å²) in [5, 5.41) is 0. The predicted octanol–water partition coefficient (Wildman–Crippen LogP) is 21.3. The lowest BCUT2D eigenvalue weighted by atomic mass is 10.0. The molecule has 0 saturated heterocycles.